The van der Waals surface area contributed by atoms with Crippen molar-refractivity contribution in [1.82, 2.24) is 19.8 Å². The number of carbonyl (C=O) groups excluding carboxylic acids is 1. The minimum atomic E-state index is -3.98. The number of hydrogen-bond acceptors (Lipinski definition) is 6. The topological polar surface area (TPSA) is 107 Å². The maximum Gasteiger partial charge on any atom is 0.318 e. The van der Waals surface area contributed by atoms with Gasteiger partial charge in [-0.3, -0.25) is 0 Å². The van der Waals surface area contributed by atoms with Gasteiger partial charge < -0.3 is 23.9 Å². The first-order chi connectivity index (χ1) is 16.9. The van der Waals surface area contributed by atoms with Crippen LogP contribution in [0, 0.1) is 5.82 Å². The molecule has 0 spiro atoms. The Labute approximate surface area is 203 Å². The number of nitrogens with zero attached hydrogens (tertiary/aromatic N) is 3. The van der Waals surface area contributed by atoms with E-state index in [1.165, 1.54) is 35.6 Å². The predicted octanol–water partition coefficient (Wildman–Crippen LogP) is 3.50. The summed E-state index contributed by atoms with van der Waals surface area (Å²) < 4.78 is 53.6. The highest BCUT2D eigenvalue weighted by molar-refractivity contribution is 7.90. The van der Waals surface area contributed by atoms with Crippen LogP contribution in [0.4, 0.5) is 9.18 Å². The molecule has 1 fully saturated rings. The van der Waals surface area contributed by atoms with Crippen molar-refractivity contribution in [1.29, 1.82) is 0 Å². The van der Waals surface area contributed by atoms with Gasteiger partial charge in [0, 0.05) is 18.7 Å². The van der Waals surface area contributed by atoms with Crippen LogP contribution in [-0.4, -0.2) is 48.2 Å². The van der Waals surface area contributed by atoms with Gasteiger partial charge in [0.15, 0.2) is 0 Å². The molecule has 0 bridgehead atoms. The molecule has 4 rings (SSSR count). The summed E-state index contributed by atoms with van der Waals surface area (Å²) in [6.45, 7) is 3.42. The Bertz CT molecular complexity index is 1240. The van der Waals surface area contributed by atoms with Crippen LogP contribution in [0.5, 0.6) is 0 Å². The lowest BCUT2D eigenvalue weighted by Gasteiger charge is -2.23. The SMILES string of the molecule is CCNC(=O)N(Cc1ccco1)Cc1cnc(S(=O)(=O)Cc2ccccc2F)n1C[C@H]1CCCO1. The van der Waals surface area contributed by atoms with E-state index in [-0.39, 0.29) is 42.5 Å². The van der Waals surface area contributed by atoms with Crippen molar-refractivity contribution in [3.05, 3.63) is 71.7 Å². The molecule has 9 nitrogen and oxygen atoms in total. The first-order valence-electron chi connectivity index (χ1n) is 11.5. The van der Waals surface area contributed by atoms with Gasteiger partial charge in [0.2, 0.25) is 15.0 Å². The van der Waals surface area contributed by atoms with E-state index in [9.17, 15) is 17.6 Å². The third-order valence-corrected chi connectivity index (χ3v) is 7.36. The number of aromatic nitrogens is 2. The van der Waals surface area contributed by atoms with E-state index in [2.05, 4.69) is 10.3 Å². The zero-order valence-corrected chi connectivity index (χ0v) is 20.3. The van der Waals surface area contributed by atoms with Gasteiger partial charge in [0.05, 0.1) is 49.6 Å². The van der Waals surface area contributed by atoms with Crippen molar-refractivity contribution >= 4 is 15.9 Å². The molecule has 0 saturated carbocycles. The van der Waals surface area contributed by atoms with E-state index < -0.39 is 21.4 Å². The minimum Gasteiger partial charge on any atom is -0.467 e. The summed E-state index contributed by atoms with van der Waals surface area (Å²) in [4.78, 5) is 18.5. The number of furan rings is 1. The third-order valence-electron chi connectivity index (χ3n) is 5.79. The molecular formula is C24H29FN4O5S. The second-order valence-corrected chi connectivity index (χ2v) is 10.3. The fourth-order valence-corrected chi connectivity index (χ4v) is 5.60. The lowest BCUT2D eigenvalue weighted by molar-refractivity contribution is 0.0934. The lowest BCUT2D eigenvalue weighted by atomic mass is 10.2. The largest absolute Gasteiger partial charge is 0.467 e. The van der Waals surface area contributed by atoms with Crippen molar-refractivity contribution in [2.45, 2.75) is 56.4 Å². The second-order valence-electron chi connectivity index (χ2n) is 8.40. The van der Waals surface area contributed by atoms with Crippen molar-refractivity contribution in [3.63, 3.8) is 0 Å². The van der Waals surface area contributed by atoms with Crippen molar-refractivity contribution < 1.29 is 26.8 Å². The minimum absolute atomic E-state index is 0.0717. The normalized spacial score (nSPS) is 15.9. The summed E-state index contributed by atoms with van der Waals surface area (Å²) in [7, 11) is -3.98. The van der Waals surface area contributed by atoms with Gasteiger partial charge in [0.25, 0.3) is 0 Å². The molecule has 3 heterocycles. The first kappa shape index (κ1) is 24.9. The summed E-state index contributed by atoms with van der Waals surface area (Å²) >= 11 is 0. The molecule has 2 amide bonds. The van der Waals surface area contributed by atoms with Crippen LogP contribution >= 0.6 is 0 Å². The van der Waals surface area contributed by atoms with Crippen LogP contribution in [0.25, 0.3) is 0 Å². The van der Waals surface area contributed by atoms with Crippen LogP contribution in [0.1, 0.15) is 36.8 Å². The number of halogens is 1. The number of rotatable bonds is 10. The van der Waals surface area contributed by atoms with Crippen LogP contribution in [0.2, 0.25) is 0 Å². The summed E-state index contributed by atoms with van der Waals surface area (Å²) in [6, 6.07) is 8.97. The van der Waals surface area contributed by atoms with Gasteiger partial charge in [-0.1, -0.05) is 18.2 Å². The Morgan fingerprint density at radius 2 is 2.09 bits per heavy atom. The third kappa shape index (κ3) is 6.09. The molecule has 1 aliphatic rings. The molecule has 2 aromatic heterocycles. The number of sulfone groups is 1. The smallest absolute Gasteiger partial charge is 0.318 e. The summed E-state index contributed by atoms with van der Waals surface area (Å²) in [5.41, 5.74) is 0.605. The van der Waals surface area contributed by atoms with Crippen LogP contribution in [0.15, 0.2) is 58.4 Å². The Morgan fingerprint density at radius 1 is 1.26 bits per heavy atom. The summed E-state index contributed by atoms with van der Waals surface area (Å²) in [5, 5.41) is 2.61. The fraction of sp³-hybridized carbons (Fsp3) is 0.417. The maximum atomic E-state index is 14.2. The van der Waals surface area contributed by atoms with E-state index in [0.717, 1.165) is 12.8 Å². The van der Waals surface area contributed by atoms with E-state index in [1.54, 1.807) is 22.8 Å². The van der Waals surface area contributed by atoms with Gasteiger partial charge in [-0.15, -0.1) is 0 Å². The number of imidazole rings is 1. The van der Waals surface area contributed by atoms with E-state index in [4.69, 9.17) is 9.15 Å². The monoisotopic (exact) mass is 504 g/mol. The molecular weight excluding hydrogens is 475 g/mol. The Kier molecular flexibility index (Phi) is 7.86. The van der Waals surface area contributed by atoms with Gasteiger partial charge in [-0.2, -0.15) is 0 Å². The number of amides is 2. The molecule has 0 radical (unpaired) electrons. The molecule has 1 N–H and O–H groups in total. The number of urea groups is 1. The standard InChI is InChI=1S/C24H29FN4O5S/c1-2-26-23(30)28(15-20-8-5-11-33-20)14-19-13-27-24(29(19)16-21-9-6-12-34-21)35(31,32)17-18-7-3-4-10-22(18)25/h3-5,7-8,10-11,13,21H,2,6,9,12,14-17H2,1H3,(H,26,30)/t21-/m1/s1. The molecule has 0 unspecified atom stereocenters. The van der Waals surface area contributed by atoms with E-state index in [0.29, 0.717) is 24.6 Å². The first-order valence-corrected chi connectivity index (χ1v) is 13.2. The quantitative estimate of drug-likeness (QED) is 0.453. The number of ether oxygens (including phenoxy) is 1. The molecule has 0 aliphatic carbocycles. The zero-order chi connectivity index (χ0) is 24.8. The zero-order valence-electron chi connectivity index (χ0n) is 19.5. The predicted molar refractivity (Wildman–Crippen MR) is 126 cm³/mol. The highest BCUT2D eigenvalue weighted by Crippen LogP contribution is 2.23. The number of nitrogens with one attached hydrogen (secondary N) is 1. The van der Waals surface area contributed by atoms with Crippen molar-refractivity contribution in [2.75, 3.05) is 13.2 Å². The van der Waals surface area contributed by atoms with Crippen molar-refractivity contribution in [2.24, 2.45) is 0 Å². The van der Waals surface area contributed by atoms with Gasteiger partial charge in [-0.05, 0) is 38.0 Å². The van der Waals surface area contributed by atoms with Crippen molar-refractivity contribution in [3.8, 4) is 0 Å². The molecule has 1 aliphatic heterocycles. The van der Waals surface area contributed by atoms with Crippen LogP contribution < -0.4 is 5.32 Å². The Balaban J connectivity index is 1.66. The number of benzene rings is 1. The second kappa shape index (κ2) is 11.0. The molecule has 11 heteroatoms. The van der Waals surface area contributed by atoms with Crippen LogP contribution in [-0.2, 0) is 40.0 Å². The molecule has 1 saturated heterocycles. The molecule has 188 valence electrons. The maximum absolute atomic E-state index is 14.2. The number of hydrogen-bond donors (Lipinski definition) is 1. The lowest BCUT2D eigenvalue weighted by Crippen LogP contribution is -2.39. The van der Waals surface area contributed by atoms with Gasteiger partial charge in [0.1, 0.15) is 11.6 Å². The molecule has 1 atom stereocenters. The Morgan fingerprint density at radius 3 is 2.77 bits per heavy atom. The molecule has 35 heavy (non-hydrogen) atoms. The highest BCUT2D eigenvalue weighted by Gasteiger charge is 2.29. The summed E-state index contributed by atoms with van der Waals surface area (Å²) in [6.07, 6.45) is 4.48. The number of carbonyl (C=O) groups is 1. The average molecular weight is 505 g/mol. The van der Waals surface area contributed by atoms with Gasteiger partial charge >= 0.3 is 6.03 Å². The fourth-order valence-electron chi connectivity index (χ4n) is 4.09. The highest BCUT2D eigenvalue weighted by atomic mass is 32.2. The van der Waals surface area contributed by atoms with Crippen LogP contribution in [0.3, 0.4) is 0 Å². The summed E-state index contributed by atoms with van der Waals surface area (Å²) in [5.74, 6) is -0.517. The van der Waals surface area contributed by atoms with E-state index >= 15 is 0 Å². The molecule has 3 aromatic rings. The Hall–Kier alpha value is -3.18. The average Bonchev–Trinajstić information content (AvgIpc) is 3.59. The molecule has 1 aromatic carbocycles. The van der Waals surface area contributed by atoms with E-state index in [1.807, 2.05) is 6.92 Å². The van der Waals surface area contributed by atoms with Gasteiger partial charge in [-0.25, -0.2) is 22.6 Å².